The Bertz CT molecular complexity index is 342. The minimum absolute atomic E-state index is 0.0519. The molecular formula is C13H20N2O2. The Balaban J connectivity index is 2.07. The Morgan fingerprint density at radius 1 is 1.41 bits per heavy atom. The van der Waals surface area contributed by atoms with E-state index < -0.39 is 0 Å². The van der Waals surface area contributed by atoms with Crippen molar-refractivity contribution in [2.45, 2.75) is 38.1 Å². The van der Waals surface area contributed by atoms with Crippen LogP contribution in [0.25, 0.3) is 0 Å². The summed E-state index contributed by atoms with van der Waals surface area (Å²) in [5, 5.41) is 0. The summed E-state index contributed by atoms with van der Waals surface area (Å²) in [5.41, 5.74) is 6.24. The highest BCUT2D eigenvalue weighted by Crippen LogP contribution is 2.23. The zero-order valence-corrected chi connectivity index (χ0v) is 10.1. The van der Waals surface area contributed by atoms with Crippen molar-refractivity contribution in [2.75, 3.05) is 13.1 Å². The molecule has 0 aliphatic heterocycles. The van der Waals surface area contributed by atoms with E-state index in [0.29, 0.717) is 24.7 Å². The van der Waals surface area contributed by atoms with Crippen molar-refractivity contribution in [3.63, 3.8) is 0 Å². The van der Waals surface area contributed by atoms with Crippen LogP contribution in [0.5, 0.6) is 0 Å². The molecule has 1 saturated carbocycles. The van der Waals surface area contributed by atoms with Crippen molar-refractivity contribution in [1.29, 1.82) is 0 Å². The van der Waals surface area contributed by atoms with Gasteiger partial charge in [-0.2, -0.15) is 0 Å². The summed E-state index contributed by atoms with van der Waals surface area (Å²) in [5.74, 6) is 0.0519. The molecule has 4 nitrogen and oxygen atoms in total. The molecule has 0 aromatic carbocycles. The van der Waals surface area contributed by atoms with E-state index in [1.54, 1.807) is 6.07 Å². The molecule has 1 fully saturated rings. The smallest absolute Gasteiger partial charge is 0.257 e. The molecule has 1 aliphatic carbocycles. The first-order valence-corrected chi connectivity index (χ1v) is 6.36. The molecule has 1 aromatic rings. The van der Waals surface area contributed by atoms with Crippen molar-refractivity contribution in [3.8, 4) is 0 Å². The maximum atomic E-state index is 12.3. The first kappa shape index (κ1) is 12.2. The lowest BCUT2D eigenvalue weighted by molar-refractivity contribution is 0.0641. The third-order valence-electron chi connectivity index (χ3n) is 3.41. The first-order chi connectivity index (χ1) is 8.33. The lowest BCUT2D eigenvalue weighted by Gasteiger charge is -2.34. The fraction of sp³-hybridized carbons (Fsp3) is 0.615. The SMILES string of the molecule is NCCN(C(=O)c1ccoc1)C1CCCCC1. The Morgan fingerprint density at radius 2 is 2.18 bits per heavy atom. The lowest BCUT2D eigenvalue weighted by Crippen LogP contribution is -2.44. The van der Waals surface area contributed by atoms with E-state index in [-0.39, 0.29) is 5.91 Å². The molecule has 0 spiro atoms. The van der Waals surface area contributed by atoms with Crippen LogP contribution in [0.15, 0.2) is 23.0 Å². The van der Waals surface area contributed by atoms with Crippen molar-refractivity contribution >= 4 is 5.91 Å². The number of nitrogens with two attached hydrogens (primary N) is 1. The average molecular weight is 236 g/mol. The summed E-state index contributed by atoms with van der Waals surface area (Å²) >= 11 is 0. The first-order valence-electron chi connectivity index (χ1n) is 6.36. The van der Waals surface area contributed by atoms with Gasteiger partial charge in [0.15, 0.2) is 0 Å². The van der Waals surface area contributed by atoms with Crippen LogP contribution in [0.3, 0.4) is 0 Å². The van der Waals surface area contributed by atoms with Gasteiger partial charge in [0.2, 0.25) is 0 Å². The molecule has 0 unspecified atom stereocenters. The van der Waals surface area contributed by atoms with Gasteiger partial charge in [-0.3, -0.25) is 4.79 Å². The third kappa shape index (κ3) is 2.88. The topological polar surface area (TPSA) is 59.5 Å². The van der Waals surface area contributed by atoms with Crippen LogP contribution in [0, 0.1) is 0 Å². The van der Waals surface area contributed by atoms with E-state index >= 15 is 0 Å². The van der Waals surface area contributed by atoms with Gasteiger partial charge in [-0.1, -0.05) is 19.3 Å². The molecule has 0 radical (unpaired) electrons. The quantitative estimate of drug-likeness (QED) is 0.870. The summed E-state index contributed by atoms with van der Waals surface area (Å²) in [4.78, 5) is 14.2. The van der Waals surface area contributed by atoms with Crippen LogP contribution in [0.1, 0.15) is 42.5 Å². The van der Waals surface area contributed by atoms with Crippen LogP contribution >= 0.6 is 0 Å². The molecule has 2 N–H and O–H groups in total. The molecule has 1 aliphatic rings. The Labute approximate surface area is 102 Å². The number of amides is 1. The van der Waals surface area contributed by atoms with Crippen LogP contribution in [0.2, 0.25) is 0 Å². The van der Waals surface area contributed by atoms with Crippen molar-refractivity contribution in [3.05, 3.63) is 24.2 Å². The summed E-state index contributed by atoms with van der Waals surface area (Å²) in [6.45, 7) is 1.15. The van der Waals surface area contributed by atoms with Gasteiger partial charge in [0.1, 0.15) is 6.26 Å². The zero-order chi connectivity index (χ0) is 12.1. The van der Waals surface area contributed by atoms with E-state index in [0.717, 1.165) is 12.8 Å². The molecule has 17 heavy (non-hydrogen) atoms. The number of hydrogen-bond donors (Lipinski definition) is 1. The second kappa shape index (κ2) is 5.87. The number of carbonyl (C=O) groups excluding carboxylic acids is 1. The van der Waals surface area contributed by atoms with E-state index in [1.165, 1.54) is 31.8 Å². The van der Waals surface area contributed by atoms with Gasteiger partial charge in [-0.15, -0.1) is 0 Å². The monoisotopic (exact) mass is 236 g/mol. The summed E-state index contributed by atoms with van der Waals surface area (Å²) in [6, 6.07) is 2.07. The summed E-state index contributed by atoms with van der Waals surface area (Å²) in [7, 11) is 0. The van der Waals surface area contributed by atoms with Crippen LogP contribution in [-0.2, 0) is 0 Å². The molecule has 94 valence electrons. The maximum Gasteiger partial charge on any atom is 0.257 e. The summed E-state index contributed by atoms with van der Waals surface area (Å²) < 4.78 is 4.97. The highest BCUT2D eigenvalue weighted by molar-refractivity contribution is 5.94. The number of nitrogens with zero attached hydrogens (tertiary/aromatic N) is 1. The van der Waals surface area contributed by atoms with Gasteiger partial charge in [0, 0.05) is 19.1 Å². The van der Waals surface area contributed by atoms with Crippen LogP contribution in [-0.4, -0.2) is 29.9 Å². The lowest BCUT2D eigenvalue weighted by atomic mass is 9.94. The fourth-order valence-electron chi connectivity index (χ4n) is 2.53. The van der Waals surface area contributed by atoms with Gasteiger partial charge < -0.3 is 15.1 Å². The number of rotatable bonds is 4. The van der Waals surface area contributed by atoms with E-state index in [2.05, 4.69) is 0 Å². The Morgan fingerprint density at radius 3 is 2.76 bits per heavy atom. The van der Waals surface area contributed by atoms with Gasteiger partial charge in [-0.25, -0.2) is 0 Å². The maximum absolute atomic E-state index is 12.3. The minimum atomic E-state index is 0.0519. The van der Waals surface area contributed by atoms with Crippen molar-refractivity contribution in [1.82, 2.24) is 4.90 Å². The average Bonchev–Trinajstić information content (AvgIpc) is 2.90. The molecule has 0 atom stereocenters. The predicted octanol–water partition coefficient (Wildman–Crippen LogP) is 2.01. The van der Waals surface area contributed by atoms with Gasteiger partial charge in [0.05, 0.1) is 11.8 Å². The third-order valence-corrected chi connectivity index (χ3v) is 3.41. The Kier molecular flexibility index (Phi) is 4.20. The van der Waals surface area contributed by atoms with Gasteiger partial charge >= 0.3 is 0 Å². The minimum Gasteiger partial charge on any atom is -0.472 e. The molecule has 0 saturated heterocycles. The largest absolute Gasteiger partial charge is 0.472 e. The van der Waals surface area contributed by atoms with E-state index in [9.17, 15) is 4.79 Å². The second-order valence-corrected chi connectivity index (χ2v) is 4.59. The number of carbonyl (C=O) groups is 1. The van der Waals surface area contributed by atoms with E-state index in [4.69, 9.17) is 10.2 Å². The summed E-state index contributed by atoms with van der Waals surface area (Å²) in [6.07, 6.45) is 8.96. The zero-order valence-electron chi connectivity index (χ0n) is 10.1. The van der Waals surface area contributed by atoms with Crippen molar-refractivity contribution < 1.29 is 9.21 Å². The normalized spacial score (nSPS) is 17.0. The molecule has 1 aromatic heterocycles. The molecule has 2 rings (SSSR count). The number of furan rings is 1. The molecule has 1 amide bonds. The van der Waals surface area contributed by atoms with Gasteiger partial charge in [-0.05, 0) is 18.9 Å². The van der Waals surface area contributed by atoms with Crippen LogP contribution < -0.4 is 5.73 Å². The number of hydrogen-bond acceptors (Lipinski definition) is 3. The van der Waals surface area contributed by atoms with E-state index in [1.807, 2.05) is 4.90 Å². The second-order valence-electron chi connectivity index (χ2n) is 4.59. The standard InChI is InChI=1S/C13H20N2O2/c14-7-8-15(12-4-2-1-3-5-12)13(16)11-6-9-17-10-11/h6,9-10,12H,1-5,7-8,14H2. The predicted molar refractivity (Wildman–Crippen MR) is 65.7 cm³/mol. The molecular weight excluding hydrogens is 216 g/mol. The van der Waals surface area contributed by atoms with Crippen molar-refractivity contribution in [2.24, 2.45) is 5.73 Å². The molecule has 0 bridgehead atoms. The highest BCUT2D eigenvalue weighted by atomic mass is 16.3. The Hall–Kier alpha value is -1.29. The van der Waals surface area contributed by atoms with Crippen LogP contribution in [0.4, 0.5) is 0 Å². The molecule has 1 heterocycles. The fourth-order valence-corrected chi connectivity index (χ4v) is 2.53. The van der Waals surface area contributed by atoms with Gasteiger partial charge in [0.25, 0.3) is 5.91 Å². The molecule has 4 heteroatoms. The highest BCUT2D eigenvalue weighted by Gasteiger charge is 2.25.